The molecule has 0 atom stereocenters. The summed E-state index contributed by atoms with van der Waals surface area (Å²) in [7, 11) is -8.33. The first kappa shape index (κ1) is 27.9. The number of sulfonamides is 2. The van der Waals surface area contributed by atoms with Crippen molar-refractivity contribution in [1.82, 2.24) is 4.98 Å². The van der Waals surface area contributed by atoms with Crippen molar-refractivity contribution in [3.05, 3.63) is 77.4 Å². The molecule has 0 fully saturated rings. The molecule has 2 aromatic carbocycles. The molecule has 0 unspecified atom stereocenters. The maximum Gasteiger partial charge on any atom is 0.349 e. The van der Waals surface area contributed by atoms with Crippen LogP contribution in [0.15, 0.2) is 76.8 Å². The predicted molar refractivity (Wildman–Crippen MR) is 149 cm³/mol. The number of para-hydroxylation sites is 1. The van der Waals surface area contributed by atoms with Gasteiger partial charge in [-0.05, 0) is 43.3 Å². The maximum absolute atomic E-state index is 12.9. The fraction of sp³-hybridized carbons (Fsp3) is 0.200. The number of anilines is 1. The number of thiophene rings is 1. The Hall–Kier alpha value is -3.13. The Morgan fingerprint density at radius 2 is 1.76 bits per heavy atom. The molecule has 0 aliphatic carbocycles. The van der Waals surface area contributed by atoms with E-state index in [4.69, 9.17) is 9.47 Å². The Balaban J connectivity index is 1.78. The van der Waals surface area contributed by atoms with Gasteiger partial charge in [-0.3, -0.25) is 4.98 Å². The molecule has 2 heterocycles. The molecular formula is C25H24N2O7S4. The zero-order chi connectivity index (χ0) is 27.5. The third kappa shape index (κ3) is 6.29. The molecular weight excluding hydrogens is 569 g/mol. The van der Waals surface area contributed by atoms with Crippen molar-refractivity contribution in [2.24, 2.45) is 0 Å². The lowest BCUT2D eigenvalue weighted by atomic mass is 10.2. The summed E-state index contributed by atoms with van der Waals surface area (Å²) in [5, 5.41) is 0.719. The van der Waals surface area contributed by atoms with Gasteiger partial charge in [-0.2, -0.15) is 3.71 Å². The highest BCUT2D eigenvalue weighted by molar-refractivity contribution is 8.09. The smallest absolute Gasteiger partial charge is 0.349 e. The van der Waals surface area contributed by atoms with E-state index in [0.717, 1.165) is 39.9 Å². The molecule has 0 N–H and O–H groups in total. The van der Waals surface area contributed by atoms with Gasteiger partial charge in [0.1, 0.15) is 17.2 Å². The highest BCUT2D eigenvalue weighted by Crippen LogP contribution is 2.46. The van der Waals surface area contributed by atoms with E-state index in [2.05, 4.69) is 4.98 Å². The molecule has 0 aliphatic rings. The van der Waals surface area contributed by atoms with Gasteiger partial charge in [0.25, 0.3) is 0 Å². The molecule has 0 saturated heterocycles. The van der Waals surface area contributed by atoms with Gasteiger partial charge in [0.2, 0.25) is 20.0 Å². The van der Waals surface area contributed by atoms with Crippen LogP contribution in [0.1, 0.15) is 22.2 Å². The second-order valence-corrected chi connectivity index (χ2v) is 14.1. The minimum absolute atomic E-state index is 0.0342. The number of hydrogen-bond acceptors (Lipinski definition) is 10. The van der Waals surface area contributed by atoms with Crippen LogP contribution in [-0.2, 0) is 31.4 Å². The van der Waals surface area contributed by atoms with Crippen molar-refractivity contribution in [1.29, 1.82) is 0 Å². The average molecular weight is 593 g/mol. The summed E-state index contributed by atoms with van der Waals surface area (Å²) in [6, 6.07) is 15.3. The van der Waals surface area contributed by atoms with Crippen molar-refractivity contribution < 1.29 is 31.1 Å². The highest BCUT2D eigenvalue weighted by atomic mass is 32.3. The summed E-state index contributed by atoms with van der Waals surface area (Å²) in [6.45, 7) is 2.19. The monoisotopic (exact) mass is 592 g/mol. The van der Waals surface area contributed by atoms with Crippen LogP contribution in [0.25, 0.3) is 10.1 Å². The number of nitrogens with zero attached hydrogens (tertiary/aromatic N) is 2. The summed E-state index contributed by atoms with van der Waals surface area (Å²) in [4.78, 5) is 18.1. The lowest BCUT2D eigenvalue weighted by Crippen LogP contribution is -2.35. The number of aromatic nitrogens is 1. The number of hydrogen-bond donors (Lipinski definition) is 0. The van der Waals surface area contributed by atoms with Gasteiger partial charge < -0.3 is 9.47 Å². The number of pyridine rings is 1. The van der Waals surface area contributed by atoms with Crippen molar-refractivity contribution in [3.63, 3.8) is 0 Å². The molecule has 2 aromatic heterocycles. The molecule has 4 rings (SSSR count). The van der Waals surface area contributed by atoms with Crippen LogP contribution in [0.4, 0.5) is 5.69 Å². The van der Waals surface area contributed by atoms with Gasteiger partial charge in [-0.25, -0.2) is 21.6 Å². The molecule has 38 heavy (non-hydrogen) atoms. The zero-order valence-electron chi connectivity index (χ0n) is 20.7. The number of carbonyl (C=O) groups is 1. The Labute approximate surface area is 229 Å². The second kappa shape index (κ2) is 11.3. The number of fused-ring (bicyclic) bond motifs is 1. The Kier molecular flexibility index (Phi) is 8.31. The quantitative estimate of drug-likeness (QED) is 0.236. The van der Waals surface area contributed by atoms with E-state index in [0.29, 0.717) is 30.7 Å². The van der Waals surface area contributed by atoms with Crippen molar-refractivity contribution in [2.45, 2.75) is 23.3 Å². The summed E-state index contributed by atoms with van der Waals surface area (Å²) < 4.78 is 62.1. The van der Waals surface area contributed by atoms with Crippen LogP contribution >= 0.6 is 23.1 Å². The van der Waals surface area contributed by atoms with Crippen LogP contribution < -0.4 is 8.45 Å². The van der Waals surface area contributed by atoms with Gasteiger partial charge in [0, 0.05) is 37.8 Å². The van der Waals surface area contributed by atoms with Crippen LogP contribution in [0.3, 0.4) is 0 Å². The first-order chi connectivity index (χ1) is 18.0. The van der Waals surface area contributed by atoms with E-state index < -0.39 is 26.0 Å². The largest absolute Gasteiger partial charge is 0.489 e. The van der Waals surface area contributed by atoms with Gasteiger partial charge >= 0.3 is 5.97 Å². The van der Waals surface area contributed by atoms with E-state index in [1.807, 2.05) is 24.3 Å². The molecule has 13 heteroatoms. The molecule has 0 aliphatic heterocycles. The summed E-state index contributed by atoms with van der Waals surface area (Å²) >= 11 is 2.31. The topological polar surface area (TPSA) is 120 Å². The van der Waals surface area contributed by atoms with Gasteiger partial charge in [-0.1, -0.05) is 30.0 Å². The molecule has 0 saturated carbocycles. The van der Waals surface area contributed by atoms with Crippen molar-refractivity contribution >= 4 is 64.9 Å². The summed E-state index contributed by atoms with van der Waals surface area (Å²) in [5.74, 6) is 0.0601. The third-order valence-corrected chi connectivity index (χ3v) is 10.8. The van der Waals surface area contributed by atoms with Crippen LogP contribution in [0.5, 0.6) is 5.75 Å². The predicted octanol–water partition coefficient (Wildman–Crippen LogP) is 4.93. The van der Waals surface area contributed by atoms with Crippen molar-refractivity contribution in [3.8, 4) is 5.75 Å². The normalized spacial score (nSPS) is 11.9. The van der Waals surface area contributed by atoms with Crippen LogP contribution in [-0.4, -0.2) is 46.9 Å². The number of rotatable bonds is 10. The molecule has 9 nitrogen and oxygen atoms in total. The number of benzene rings is 2. The van der Waals surface area contributed by atoms with Gasteiger partial charge in [0.15, 0.2) is 0 Å². The van der Waals surface area contributed by atoms with Crippen molar-refractivity contribution in [2.75, 3.05) is 22.8 Å². The van der Waals surface area contributed by atoms with E-state index in [-0.39, 0.29) is 12.3 Å². The zero-order valence-corrected chi connectivity index (χ0v) is 23.9. The fourth-order valence-electron chi connectivity index (χ4n) is 3.63. The third-order valence-electron chi connectivity index (χ3n) is 5.08. The van der Waals surface area contributed by atoms with Crippen LogP contribution in [0.2, 0.25) is 0 Å². The Morgan fingerprint density at radius 3 is 2.42 bits per heavy atom. The molecule has 0 bridgehead atoms. The molecule has 0 radical (unpaired) electrons. The average Bonchev–Trinajstić information content (AvgIpc) is 3.20. The molecule has 200 valence electrons. The minimum atomic E-state index is -4.17. The second-order valence-electron chi connectivity index (χ2n) is 8.08. The van der Waals surface area contributed by atoms with Gasteiger partial charge in [-0.15, -0.1) is 11.3 Å². The lowest BCUT2D eigenvalue weighted by molar-refractivity contribution is 0.0528. The Bertz CT molecular complexity index is 1650. The first-order valence-corrected chi connectivity index (χ1v) is 16.5. The molecule has 0 spiro atoms. The van der Waals surface area contributed by atoms with E-state index in [1.54, 1.807) is 43.6 Å². The minimum Gasteiger partial charge on any atom is -0.489 e. The SMILES string of the molecule is CCOC(=O)c1sc2cc(OCc3cccnc3)ccc2c1Sc1ccccc1N(S(C)(=O)=O)S(C)(=O)=O. The standard InChI is InChI=1S/C25H24N2O7S4/c1-4-33-25(28)24-23(35-21-10-6-5-9-20(21)27(37(2,29)30)38(3,31)32)19-12-11-18(14-22(19)36-24)34-16-17-8-7-13-26-15-17/h5-15H,4,16H2,1-3H3. The van der Waals surface area contributed by atoms with Gasteiger partial charge in [0.05, 0.1) is 24.8 Å². The van der Waals surface area contributed by atoms with E-state index in [9.17, 15) is 21.6 Å². The molecule has 0 amide bonds. The van der Waals surface area contributed by atoms with E-state index >= 15 is 0 Å². The first-order valence-electron chi connectivity index (χ1n) is 11.2. The number of ether oxygens (including phenoxy) is 2. The maximum atomic E-state index is 12.9. The fourth-order valence-corrected chi connectivity index (χ4v) is 9.18. The summed E-state index contributed by atoms with van der Waals surface area (Å²) in [6.07, 6.45) is 5.05. The lowest BCUT2D eigenvalue weighted by Gasteiger charge is -2.22. The van der Waals surface area contributed by atoms with E-state index in [1.165, 1.54) is 17.4 Å². The molecule has 4 aromatic rings. The highest BCUT2D eigenvalue weighted by Gasteiger charge is 2.30. The number of esters is 1. The van der Waals surface area contributed by atoms with Crippen LogP contribution in [0, 0.1) is 0 Å². The summed E-state index contributed by atoms with van der Waals surface area (Å²) in [5.41, 5.74) is 0.869. The number of carbonyl (C=O) groups excluding carboxylic acids is 1. The Morgan fingerprint density at radius 1 is 1.03 bits per heavy atom.